The lowest BCUT2D eigenvalue weighted by atomic mass is 10.2. The molecule has 1 nitrogen and oxygen atoms in total. The molecule has 0 amide bonds. The number of rotatable bonds is 1. The van der Waals surface area contributed by atoms with Gasteiger partial charge >= 0.3 is 0 Å². The van der Waals surface area contributed by atoms with Crippen LogP contribution in [0.2, 0.25) is 0 Å². The number of benzene rings is 1. The molecule has 0 saturated carbocycles. The maximum atomic E-state index is 9.05. The normalized spacial score (nSPS) is 11.0. The first kappa shape index (κ1) is 9.76. The van der Waals surface area contributed by atoms with Gasteiger partial charge in [-0.15, -0.1) is 24.0 Å². The van der Waals surface area contributed by atoms with Crippen LogP contribution >= 0.6 is 46.6 Å². The number of thiol groups is 1. The standard InChI is InChI=1S/C9H7IOS2/c10-5-1-2-6-7(3-5)13-8(4-11)9(6)12/h1-3,11-12H,4H2. The summed E-state index contributed by atoms with van der Waals surface area (Å²) < 4.78 is 2.41. The lowest BCUT2D eigenvalue weighted by Gasteiger charge is -1.92. The van der Waals surface area contributed by atoms with Gasteiger partial charge in [0.15, 0.2) is 0 Å². The molecule has 0 unspecified atom stereocenters. The Morgan fingerprint density at radius 2 is 2.23 bits per heavy atom. The molecule has 1 aromatic carbocycles. The number of hydrogen-bond acceptors (Lipinski definition) is 3. The molecule has 13 heavy (non-hydrogen) atoms. The molecule has 2 aromatic rings. The van der Waals surface area contributed by atoms with Gasteiger partial charge in [0, 0.05) is 23.4 Å². The van der Waals surface area contributed by atoms with E-state index in [-0.39, 0.29) is 6.61 Å². The summed E-state index contributed by atoms with van der Waals surface area (Å²) in [6.45, 7) is 0.0781. The summed E-state index contributed by atoms with van der Waals surface area (Å²) in [5, 5.41) is 10.2. The van der Waals surface area contributed by atoms with Gasteiger partial charge in [0.2, 0.25) is 0 Å². The molecular formula is C9H7IOS2. The van der Waals surface area contributed by atoms with Crippen molar-refractivity contribution in [3.63, 3.8) is 0 Å². The number of aliphatic hydroxyl groups excluding tert-OH is 1. The second-order valence-corrected chi connectivity index (χ2v) is 5.50. The van der Waals surface area contributed by atoms with Gasteiger partial charge in [0.1, 0.15) is 0 Å². The van der Waals surface area contributed by atoms with E-state index in [1.165, 1.54) is 8.27 Å². The predicted molar refractivity (Wildman–Crippen MR) is 67.7 cm³/mol. The van der Waals surface area contributed by atoms with Crippen molar-refractivity contribution in [1.82, 2.24) is 0 Å². The van der Waals surface area contributed by atoms with Crippen LogP contribution in [0.5, 0.6) is 0 Å². The van der Waals surface area contributed by atoms with E-state index in [0.29, 0.717) is 0 Å². The van der Waals surface area contributed by atoms with Gasteiger partial charge < -0.3 is 5.11 Å². The first-order valence-electron chi connectivity index (χ1n) is 3.73. The summed E-state index contributed by atoms with van der Waals surface area (Å²) in [5.74, 6) is 0. The zero-order valence-corrected chi connectivity index (χ0v) is 10.5. The van der Waals surface area contributed by atoms with Gasteiger partial charge in [-0.25, -0.2) is 0 Å². The molecule has 0 aliphatic carbocycles. The van der Waals surface area contributed by atoms with E-state index in [0.717, 1.165) is 15.2 Å². The van der Waals surface area contributed by atoms with E-state index in [2.05, 4.69) is 53.4 Å². The Kier molecular flexibility index (Phi) is 2.83. The van der Waals surface area contributed by atoms with E-state index >= 15 is 0 Å². The monoisotopic (exact) mass is 322 g/mol. The minimum Gasteiger partial charge on any atom is -0.391 e. The van der Waals surface area contributed by atoms with Crippen LogP contribution in [0.4, 0.5) is 0 Å². The maximum Gasteiger partial charge on any atom is 0.0786 e. The molecule has 1 N–H and O–H groups in total. The van der Waals surface area contributed by atoms with Crippen LogP contribution < -0.4 is 0 Å². The molecule has 0 aliphatic rings. The van der Waals surface area contributed by atoms with E-state index in [1.807, 2.05) is 0 Å². The van der Waals surface area contributed by atoms with Gasteiger partial charge in [-0.2, -0.15) is 0 Å². The van der Waals surface area contributed by atoms with Gasteiger partial charge in [-0.05, 0) is 34.7 Å². The Labute approximate surface area is 99.3 Å². The first-order valence-corrected chi connectivity index (χ1v) is 6.07. The third-order valence-electron chi connectivity index (χ3n) is 1.84. The molecule has 0 atom stereocenters. The van der Waals surface area contributed by atoms with E-state index in [9.17, 15) is 0 Å². The summed E-state index contributed by atoms with van der Waals surface area (Å²) >= 11 is 8.26. The first-order chi connectivity index (χ1) is 6.22. The fourth-order valence-corrected chi connectivity index (χ4v) is 3.40. The highest BCUT2D eigenvalue weighted by atomic mass is 127. The molecular weight excluding hydrogens is 315 g/mol. The second-order valence-electron chi connectivity index (χ2n) is 2.67. The molecule has 0 bridgehead atoms. The van der Waals surface area contributed by atoms with Crippen molar-refractivity contribution in [2.75, 3.05) is 0 Å². The average Bonchev–Trinajstić information content (AvgIpc) is 2.42. The van der Waals surface area contributed by atoms with Gasteiger partial charge in [-0.3, -0.25) is 0 Å². The maximum absolute atomic E-state index is 9.05. The number of halogens is 1. The van der Waals surface area contributed by atoms with Crippen molar-refractivity contribution >= 4 is 56.6 Å². The molecule has 2 rings (SSSR count). The summed E-state index contributed by atoms with van der Waals surface area (Å²) in [4.78, 5) is 1.86. The summed E-state index contributed by atoms with van der Waals surface area (Å²) in [7, 11) is 0. The third-order valence-corrected chi connectivity index (χ3v) is 4.31. The fourth-order valence-electron chi connectivity index (χ4n) is 1.21. The number of thiophene rings is 1. The molecule has 0 radical (unpaired) electrons. The van der Waals surface area contributed by atoms with Crippen LogP contribution in [0, 0.1) is 3.57 Å². The predicted octanol–water partition coefficient (Wildman–Crippen LogP) is 3.29. The molecule has 0 fully saturated rings. The van der Waals surface area contributed by atoms with Crippen LogP contribution in [0.1, 0.15) is 4.88 Å². The number of fused-ring (bicyclic) bond motifs is 1. The smallest absolute Gasteiger partial charge is 0.0786 e. The number of aliphatic hydroxyl groups is 1. The van der Waals surface area contributed by atoms with Gasteiger partial charge in [-0.1, -0.05) is 6.07 Å². The van der Waals surface area contributed by atoms with Gasteiger partial charge in [0.25, 0.3) is 0 Å². The number of hydrogen-bond donors (Lipinski definition) is 2. The quantitative estimate of drug-likeness (QED) is 0.610. The van der Waals surface area contributed by atoms with Crippen LogP contribution in [-0.2, 0) is 6.61 Å². The van der Waals surface area contributed by atoms with Crippen LogP contribution in [-0.4, -0.2) is 5.11 Å². The Balaban J connectivity index is 2.76. The summed E-state index contributed by atoms with van der Waals surface area (Å²) in [6, 6.07) is 6.21. The second kappa shape index (κ2) is 3.76. The van der Waals surface area contributed by atoms with Crippen LogP contribution in [0.3, 0.4) is 0 Å². The molecule has 68 valence electrons. The third kappa shape index (κ3) is 1.72. The average molecular weight is 322 g/mol. The molecule has 4 heteroatoms. The summed E-state index contributed by atoms with van der Waals surface area (Å²) in [5.41, 5.74) is 0. The Hall–Kier alpha value is 0.220. The van der Waals surface area contributed by atoms with Crippen molar-refractivity contribution in [2.24, 2.45) is 0 Å². The van der Waals surface area contributed by atoms with E-state index in [1.54, 1.807) is 11.3 Å². The van der Waals surface area contributed by atoms with Crippen molar-refractivity contribution in [2.45, 2.75) is 11.5 Å². The minimum atomic E-state index is 0.0781. The molecule has 0 spiro atoms. The SMILES string of the molecule is OCc1sc2cc(I)ccc2c1S. The Morgan fingerprint density at radius 1 is 1.46 bits per heavy atom. The molecule has 1 aromatic heterocycles. The molecule has 0 aliphatic heterocycles. The van der Waals surface area contributed by atoms with E-state index in [4.69, 9.17) is 5.11 Å². The zero-order chi connectivity index (χ0) is 9.42. The molecule has 0 saturated heterocycles. The zero-order valence-electron chi connectivity index (χ0n) is 6.62. The van der Waals surface area contributed by atoms with E-state index < -0.39 is 0 Å². The highest BCUT2D eigenvalue weighted by Gasteiger charge is 2.07. The fraction of sp³-hybridized carbons (Fsp3) is 0.111. The highest BCUT2D eigenvalue weighted by Crippen LogP contribution is 2.34. The van der Waals surface area contributed by atoms with Crippen molar-refractivity contribution in [3.8, 4) is 0 Å². The van der Waals surface area contributed by atoms with Crippen LogP contribution in [0.25, 0.3) is 10.1 Å². The topological polar surface area (TPSA) is 20.2 Å². The Bertz CT molecular complexity index is 450. The molecule has 1 heterocycles. The highest BCUT2D eigenvalue weighted by molar-refractivity contribution is 14.1. The van der Waals surface area contributed by atoms with Crippen LogP contribution in [0.15, 0.2) is 23.1 Å². The lowest BCUT2D eigenvalue weighted by molar-refractivity contribution is 0.283. The van der Waals surface area contributed by atoms with Gasteiger partial charge in [0.05, 0.1) is 6.61 Å². The lowest BCUT2D eigenvalue weighted by Crippen LogP contribution is -1.75. The van der Waals surface area contributed by atoms with Crippen molar-refractivity contribution < 1.29 is 5.11 Å². The minimum absolute atomic E-state index is 0.0781. The van der Waals surface area contributed by atoms with Crippen molar-refractivity contribution in [1.29, 1.82) is 0 Å². The van der Waals surface area contributed by atoms with Crippen molar-refractivity contribution in [3.05, 3.63) is 26.6 Å². The Morgan fingerprint density at radius 3 is 2.92 bits per heavy atom. The largest absolute Gasteiger partial charge is 0.391 e. The summed E-state index contributed by atoms with van der Waals surface area (Å²) in [6.07, 6.45) is 0.